The van der Waals surface area contributed by atoms with Crippen molar-refractivity contribution in [1.29, 1.82) is 0 Å². The minimum Gasteiger partial charge on any atom is -0.472 e. The minimum atomic E-state index is -0.768. The molecule has 0 spiro atoms. The second kappa shape index (κ2) is 10.6. The number of rotatable bonds is 6. The van der Waals surface area contributed by atoms with Crippen molar-refractivity contribution in [3.63, 3.8) is 0 Å². The van der Waals surface area contributed by atoms with Gasteiger partial charge in [-0.2, -0.15) is 0 Å². The zero-order valence-electron chi connectivity index (χ0n) is 26.7. The number of carbonyl (C=O) groups is 3. The Hall–Kier alpha value is -3.43. The summed E-state index contributed by atoms with van der Waals surface area (Å²) in [7, 11) is 1.41. The van der Waals surface area contributed by atoms with Crippen LogP contribution in [0, 0.1) is 28.1 Å². The fraction of sp³-hybridized carbons (Fsp3) is 0.583. The maximum Gasteiger partial charge on any atom is 0.338 e. The van der Waals surface area contributed by atoms with Gasteiger partial charge in [0.05, 0.1) is 50.1 Å². The molecular weight excluding hydrogens is 576 g/mol. The average Bonchev–Trinajstić information content (AvgIpc) is 3.79. The summed E-state index contributed by atoms with van der Waals surface area (Å²) in [5.74, 6) is -1.63. The summed E-state index contributed by atoms with van der Waals surface area (Å²) < 4.78 is 37.0. The number of esters is 3. The lowest BCUT2D eigenvalue weighted by atomic mass is 9.40. The molecule has 2 aliphatic heterocycles. The Bertz CT molecular complexity index is 1530. The van der Waals surface area contributed by atoms with Gasteiger partial charge in [0.15, 0.2) is 0 Å². The molecule has 5 aliphatic rings. The summed E-state index contributed by atoms with van der Waals surface area (Å²) in [6, 6.07) is 10.9. The van der Waals surface area contributed by atoms with Crippen LogP contribution in [-0.2, 0) is 33.3 Å². The second-order valence-electron chi connectivity index (χ2n) is 14.3. The van der Waals surface area contributed by atoms with Crippen LogP contribution in [0.25, 0.3) is 0 Å². The molecule has 11 atom stereocenters. The molecular formula is C36H42O9. The van der Waals surface area contributed by atoms with E-state index < -0.39 is 40.4 Å². The highest BCUT2D eigenvalue weighted by Gasteiger charge is 2.78. The van der Waals surface area contributed by atoms with Crippen LogP contribution in [0.1, 0.15) is 75.7 Å². The van der Waals surface area contributed by atoms with E-state index in [0.717, 1.165) is 12.0 Å². The molecule has 1 aromatic carbocycles. The maximum atomic E-state index is 13.7. The Balaban J connectivity index is 1.40. The molecule has 2 aromatic rings. The number of carbonyl (C=O) groups excluding carboxylic acids is 3. The van der Waals surface area contributed by atoms with Crippen molar-refractivity contribution in [3.8, 4) is 0 Å². The van der Waals surface area contributed by atoms with Crippen LogP contribution in [0.4, 0.5) is 0 Å². The van der Waals surface area contributed by atoms with Crippen molar-refractivity contribution in [3.05, 3.63) is 71.2 Å². The largest absolute Gasteiger partial charge is 0.472 e. The zero-order chi connectivity index (χ0) is 31.9. The van der Waals surface area contributed by atoms with Gasteiger partial charge in [0, 0.05) is 47.8 Å². The van der Waals surface area contributed by atoms with Gasteiger partial charge in [-0.3, -0.25) is 9.59 Å². The lowest BCUT2D eigenvalue weighted by Gasteiger charge is -2.65. The highest BCUT2D eigenvalue weighted by atomic mass is 16.6. The van der Waals surface area contributed by atoms with Gasteiger partial charge in [0.2, 0.25) is 0 Å². The molecule has 0 amide bonds. The summed E-state index contributed by atoms with van der Waals surface area (Å²) >= 11 is 0. The molecule has 45 heavy (non-hydrogen) atoms. The fourth-order valence-electron chi connectivity index (χ4n) is 10.5. The molecule has 3 heterocycles. The molecule has 0 N–H and O–H groups in total. The monoisotopic (exact) mass is 618 g/mol. The number of fused-ring (bicyclic) bond motifs is 4. The third kappa shape index (κ3) is 4.22. The quantitative estimate of drug-likeness (QED) is 0.231. The average molecular weight is 619 g/mol. The SMILES string of the molecule is COC(=O)CC1C2(C)C3=C(C)C(c4ccoc4)CC3OC2C2OCC3(C)C(OC(C)=O)CC(OC(=O)c4ccccc4)C1(C)C23. The van der Waals surface area contributed by atoms with Crippen LogP contribution in [0.2, 0.25) is 0 Å². The van der Waals surface area contributed by atoms with Crippen LogP contribution in [-0.4, -0.2) is 62.1 Å². The molecule has 9 heteroatoms. The van der Waals surface area contributed by atoms with Crippen LogP contribution >= 0.6 is 0 Å². The molecule has 240 valence electrons. The number of ether oxygens (including phenoxy) is 5. The number of hydrogen-bond acceptors (Lipinski definition) is 9. The Morgan fingerprint density at radius 3 is 2.42 bits per heavy atom. The normalized spacial score (nSPS) is 41.2. The number of benzene rings is 1. The van der Waals surface area contributed by atoms with Crippen molar-refractivity contribution in [2.75, 3.05) is 13.7 Å². The molecule has 11 unspecified atom stereocenters. The van der Waals surface area contributed by atoms with E-state index >= 15 is 0 Å². The topological polar surface area (TPSA) is 111 Å². The number of hydrogen-bond donors (Lipinski definition) is 0. The van der Waals surface area contributed by atoms with E-state index in [-0.39, 0.29) is 54.9 Å². The summed E-state index contributed by atoms with van der Waals surface area (Å²) in [5, 5.41) is 0. The van der Waals surface area contributed by atoms with Gasteiger partial charge < -0.3 is 28.1 Å². The molecule has 0 bridgehead atoms. The summed E-state index contributed by atoms with van der Waals surface area (Å²) in [6.45, 7) is 10.4. The van der Waals surface area contributed by atoms with Crippen LogP contribution in [0.15, 0.2) is 64.5 Å². The van der Waals surface area contributed by atoms with Crippen molar-refractivity contribution in [1.82, 2.24) is 0 Å². The van der Waals surface area contributed by atoms with Gasteiger partial charge in [-0.25, -0.2) is 4.79 Å². The number of methoxy groups -OCH3 is 1. The van der Waals surface area contributed by atoms with E-state index in [4.69, 9.17) is 28.1 Å². The highest BCUT2D eigenvalue weighted by molar-refractivity contribution is 5.89. The predicted octanol–water partition coefficient (Wildman–Crippen LogP) is 5.64. The molecule has 1 aromatic heterocycles. The minimum absolute atomic E-state index is 0.111. The maximum absolute atomic E-state index is 13.7. The van der Waals surface area contributed by atoms with E-state index in [9.17, 15) is 14.4 Å². The Morgan fingerprint density at radius 2 is 1.76 bits per heavy atom. The molecule has 2 saturated carbocycles. The van der Waals surface area contributed by atoms with Crippen molar-refractivity contribution >= 4 is 17.9 Å². The molecule has 0 radical (unpaired) electrons. The summed E-state index contributed by atoms with van der Waals surface area (Å²) in [5.41, 5.74) is 1.95. The molecule has 2 saturated heterocycles. The smallest absolute Gasteiger partial charge is 0.338 e. The highest BCUT2D eigenvalue weighted by Crippen LogP contribution is 2.74. The van der Waals surface area contributed by atoms with Gasteiger partial charge in [-0.05, 0) is 48.6 Å². The predicted molar refractivity (Wildman–Crippen MR) is 161 cm³/mol. The lowest BCUT2D eigenvalue weighted by Crippen LogP contribution is -2.71. The van der Waals surface area contributed by atoms with Crippen molar-refractivity contribution < 1.29 is 42.5 Å². The first-order valence-electron chi connectivity index (χ1n) is 15.9. The first-order chi connectivity index (χ1) is 21.4. The van der Waals surface area contributed by atoms with Gasteiger partial charge in [-0.15, -0.1) is 0 Å². The number of furan rings is 1. The van der Waals surface area contributed by atoms with Gasteiger partial charge in [0.1, 0.15) is 12.2 Å². The van der Waals surface area contributed by atoms with E-state index in [1.54, 1.807) is 36.8 Å². The first-order valence-corrected chi connectivity index (χ1v) is 15.9. The second-order valence-corrected chi connectivity index (χ2v) is 14.3. The Labute approximate surface area is 263 Å². The summed E-state index contributed by atoms with van der Waals surface area (Å²) in [6.07, 6.45) is 2.54. The Morgan fingerprint density at radius 1 is 1.00 bits per heavy atom. The standard InChI is InChI=1S/C36H42O9/c1-19-23(22-12-13-41-17-22)14-24-29(19)36(5)25(15-28(38)40-6)35(4)27(45-33(39)21-10-8-7-9-11-21)16-26(43-20(2)37)34(3)18-42-30(31(34)35)32(36)44-24/h7-13,17,23-27,30-32H,14-16,18H2,1-6H3. The third-order valence-corrected chi connectivity index (χ3v) is 12.2. The first kappa shape index (κ1) is 30.2. The van der Waals surface area contributed by atoms with Crippen molar-refractivity contribution in [2.45, 2.75) is 90.3 Å². The zero-order valence-corrected chi connectivity index (χ0v) is 26.7. The summed E-state index contributed by atoms with van der Waals surface area (Å²) in [4.78, 5) is 39.5. The van der Waals surface area contributed by atoms with E-state index in [1.807, 2.05) is 12.1 Å². The molecule has 3 aliphatic carbocycles. The van der Waals surface area contributed by atoms with Crippen LogP contribution < -0.4 is 0 Å². The lowest BCUT2D eigenvalue weighted by molar-refractivity contribution is -0.246. The van der Waals surface area contributed by atoms with Crippen molar-refractivity contribution in [2.24, 2.45) is 28.1 Å². The van der Waals surface area contributed by atoms with E-state index in [0.29, 0.717) is 12.2 Å². The fourth-order valence-corrected chi connectivity index (χ4v) is 10.5. The third-order valence-electron chi connectivity index (χ3n) is 12.2. The van der Waals surface area contributed by atoms with Crippen LogP contribution in [0.5, 0.6) is 0 Å². The van der Waals surface area contributed by atoms with E-state index in [2.05, 4.69) is 27.7 Å². The molecule has 4 fully saturated rings. The van der Waals surface area contributed by atoms with E-state index in [1.165, 1.54) is 25.2 Å². The van der Waals surface area contributed by atoms with Gasteiger partial charge >= 0.3 is 17.9 Å². The molecule has 9 nitrogen and oxygen atoms in total. The molecule has 7 rings (SSSR count). The van der Waals surface area contributed by atoms with Crippen LogP contribution in [0.3, 0.4) is 0 Å². The van der Waals surface area contributed by atoms with Gasteiger partial charge in [-0.1, -0.05) is 44.5 Å². The number of allylic oxidation sites excluding steroid dienone is 1. The van der Waals surface area contributed by atoms with Gasteiger partial charge in [0.25, 0.3) is 0 Å². The Kier molecular flexibility index (Phi) is 7.09.